The molecular formula is C20H21BrN4O4S2. The molecule has 1 aromatic heterocycles. The van der Waals surface area contributed by atoms with Crippen molar-refractivity contribution in [2.75, 3.05) is 31.2 Å². The average Bonchev–Trinajstić information content (AvgIpc) is 3.21. The molecule has 164 valence electrons. The smallest absolute Gasteiger partial charge is 0.270 e. The van der Waals surface area contributed by atoms with E-state index in [-0.39, 0.29) is 55.0 Å². The van der Waals surface area contributed by atoms with Gasteiger partial charge in [-0.1, -0.05) is 18.2 Å². The predicted molar refractivity (Wildman–Crippen MR) is 123 cm³/mol. The summed E-state index contributed by atoms with van der Waals surface area (Å²) in [5.41, 5.74) is 1.88. The summed E-state index contributed by atoms with van der Waals surface area (Å²) in [5, 5.41) is 5.67. The van der Waals surface area contributed by atoms with E-state index in [2.05, 4.69) is 21.0 Å². The van der Waals surface area contributed by atoms with Crippen LogP contribution in [0.5, 0.6) is 0 Å². The van der Waals surface area contributed by atoms with Crippen LogP contribution in [0.4, 0.5) is 5.69 Å². The van der Waals surface area contributed by atoms with Gasteiger partial charge in [0.2, 0.25) is 5.91 Å². The minimum absolute atomic E-state index is 0.149. The van der Waals surface area contributed by atoms with E-state index >= 15 is 0 Å². The third-order valence-corrected chi connectivity index (χ3v) is 9.28. The number of para-hydroxylation sites is 1. The van der Waals surface area contributed by atoms with Crippen molar-refractivity contribution in [1.29, 1.82) is 0 Å². The fourth-order valence-corrected chi connectivity index (χ4v) is 7.16. The molecule has 0 N–H and O–H groups in total. The third-order valence-electron chi connectivity index (χ3n) is 5.29. The first-order chi connectivity index (χ1) is 14.8. The maximum Gasteiger partial charge on any atom is 0.270 e. The van der Waals surface area contributed by atoms with Crippen LogP contribution in [0.15, 0.2) is 49.5 Å². The predicted octanol–water partition coefficient (Wildman–Crippen LogP) is 2.83. The fourth-order valence-electron chi connectivity index (χ4n) is 3.57. The Morgan fingerprint density at radius 3 is 2.42 bits per heavy atom. The van der Waals surface area contributed by atoms with Crippen LogP contribution in [0, 0.1) is 6.92 Å². The third kappa shape index (κ3) is 4.45. The molecular weight excluding hydrogens is 504 g/mol. The first kappa shape index (κ1) is 22.1. The molecule has 1 saturated heterocycles. The molecule has 2 aliphatic rings. The second-order valence-electron chi connectivity index (χ2n) is 7.29. The van der Waals surface area contributed by atoms with Crippen LogP contribution in [-0.2, 0) is 19.6 Å². The van der Waals surface area contributed by atoms with Crippen molar-refractivity contribution >= 4 is 60.5 Å². The molecule has 8 nitrogen and oxygen atoms in total. The van der Waals surface area contributed by atoms with E-state index in [9.17, 15) is 18.0 Å². The van der Waals surface area contributed by atoms with Crippen LogP contribution < -0.4 is 5.01 Å². The van der Waals surface area contributed by atoms with Gasteiger partial charge in [-0.15, -0.1) is 11.3 Å². The molecule has 3 heterocycles. The number of amides is 2. The zero-order valence-corrected chi connectivity index (χ0v) is 20.0. The average molecular weight is 525 g/mol. The Morgan fingerprint density at radius 2 is 1.77 bits per heavy atom. The lowest BCUT2D eigenvalue weighted by atomic mass is 10.1. The van der Waals surface area contributed by atoms with Gasteiger partial charge in [0, 0.05) is 39.0 Å². The number of rotatable bonds is 4. The molecule has 0 saturated carbocycles. The van der Waals surface area contributed by atoms with Crippen molar-refractivity contribution in [3.63, 3.8) is 0 Å². The number of nitrogens with zero attached hydrogens (tertiary/aromatic N) is 4. The van der Waals surface area contributed by atoms with E-state index < -0.39 is 10.0 Å². The van der Waals surface area contributed by atoms with Crippen LogP contribution in [-0.4, -0.2) is 61.3 Å². The summed E-state index contributed by atoms with van der Waals surface area (Å²) in [7, 11) is -3.57. The SMILES string of the molecule is Cc1ccccc1N1N=C(C(=O)N2CCN(S(=O)(=O)c3ccc(Br)s3)CC2)CCC1=O. The molecule has 2 aliphatic heterocycles. The second-order valence-corrected chi connectivity index (χ2v) is 11.9. The maximum absolute atomic E-state index is 13.0. The molecule has 0 radical (unpaired) electrons. The molecule has 31 heavy (non-hydrogen) atoms. The number of halogens is 1. The summed E-state index contributed by atoms with van der Waals surface area (Å²) < 4.78 is 28.0. The number of carbonyl (C=O) groups is 2. The zero-order chi connectivity index (χ0) is 22.2. The lowest BCUT2D eigenvalue weighted by Crippen LogP contribution is -2.52. The second kappa shape index (κ2) is 8.81. The van der Waals surface area contributed by atoms with Crippen LogP contribution in [0.3, 0.4) is 0 Å². The van der Waals surface area contributed by atoms with Gasteiger partial charge >= 0.3 is 0 Å². The Bertz CT molecular complexity index is 1150. The lowest BCUT2D eigenvalue weighted by Gasteiger charge is -2.34. The van der Waals surface area contributed by atoms with Crippen molar-refractivity contribution in [3.05, 3.63) is 45.7 Å². The molecule has 1 fully saturated rings. The van der Waals surface area contributed by atoms with Crippen molar-refractivity contribution in [2.45, 2.75) is 24.0 Å². The quantitative estimate of drug-likeness (QED) is 0.614. The Kier molecular flexibility index (Phi) is 6.29. The van der Waals surface area contributed by atoms with Crippen molar-refractivity contribution in [1.82, 2.24) is 9.21 Å². The number of benzene rings is 1. The number of aryl methyl sites for hydroxylation is 1. The molecule has 11 heteroatoms. The monoisotopic (exact) mass is 524 g/mol. The van der Waals surface area contributed by atoms with Gasteiger partial charge in [-0.3, -0.25) is 9.59 Å². The summed E-state index contributed by atoms with van der Waals surface area (Å²) in [6.07, 6.45) is 0.488. The van der Waals surface area contributed by atoms with E-state index in [4.69, 9.17) is 0 Å². The topological polar surface area (TPSA) is 90.4 Å². The number of hydrogen-bond acceptors (Lipinski definition) is 6. The number of thiophene rings is 1. The number of sulfonamides is 1. The minimum atomic E-state index is -3.57. The Labute approximate surface area is 193 Å². The largest absolute Gasteiger partial charge is 0.335 e. The minimum Gasteiger partial charge on any atom is -0.335 e. The lowest BCUT2D eigenvalue weighted by molar-refractivity contribution is -0.125. The number of anilines is 1. The fraction of sp³-hybridized carbons (Fsp3) is 0.350. The molecule has 0 bridgehead atoms. The van der Waals surface area contributed by atoms with Crippen molar-refractivity contribution < 1.29 is 18.0 Å². The highest BCUT2D eigenvalue weighted by molar-refractivity contribution is 9.11. The van der Waals surface area contributed by atoms with Gasteiger partial charge < -0.3 is 4.90 Å². The van der Waals surface area contributed by atoms with Gasteiger partial charge in [-0.25, -0.2) is 13.4 Å². The summed E-state index contributed by atoms with van der Waals surface area (Å²) in [6.45, 7) is 2.89. The standard InChI is InChI=1S/C20H21BrN4O4S2/c1-14-4-2-3-5-16(14)25-18(26)8-6-15(22-25)20(27)23-10-12-24(13-11-23)31(28,29)19-9-7-17(21)30-19/h2-5,7,9H,6,8,10-13H2,1H3. The first-order valence-electron chi connectivity index (χ1n) is 9.78. The van der Waals surface area contributed by atoms with Gasteiger partial charge in [0.1, 0.15) is 9.92 Å². The van der Waals surface area contributed by atoms with Gasteiger partial charge in [0.15, 0.2) is 0 Å². The Morgan fingerprint density at radius 1 is 1.06 bits per heavy atom. The van der Waals surface area contributed by atoms with E-state index in [1.807, 2.05) is 25.1 Å². The maximum atomic E-state index is 13.0. The number of piperazine rings is 1. The van der Waals surface area contributed by atoms with Gasteiger partial charge in [-0.2, -0.15) is 9.41 Å². The van der Waals surface area contributed by atoms with E-state index in [1.165, 1.54) is 20.7 Å². The highest BCUT2D eigenvalue weighted by atomic mass is 79.9. The highest BCUT2D eigenvalue weighted by Crippen LogP contribution is 2.29. The van der Waals surface area contributed by atoms with Gasteiger partial charge in [-0.05, 0) is 46.6 Å². The summed E-state index contributed by atoms with van der Waals surface area (Å²) in [5.74, 6) is -0.397. The van der Waals surface area contributed by atoms with Crippen molar-refractivity contribution in [2.24, 2.45) is 5.10 Å². The van der Waals surface area contributed by atoms with Crippen LogP contribution in [0.25, 0.3) is 0 Å². The van der Waals surface area contributed by atoms with E-state index in [0.29, 0.717) is 11.4 Å². The molecule has 2 amide bonds. The number of hydrogen-bond donors (Lipinski definition) is 0. The van der Waals surface area contributed by atoms with Crippen LogP contribution in [0.1, 0.15) is 18.4 Å². The molecule has 0 atom stereocenters. The Balaban J connectivity index is 1.46. The number of hydrazone groups is 1. The zero-order valence-electron chi connectivity index (χ0n) is 16.8. The van der Waals surface area contributed by atoms with E-state index in [1.54, 1.807) is 23.1 Å². The van der Waals surface area contributed by atoms with Gasteiger partial charge in [0.25, 0.3) is 15.9 Å². The van der Waals surface area contributed by atoms with Gasteiger partial charge in [0.05, 0.1) is 9.47 Å². The van der Waals surface area contributed by atoms with E-state index in [0.717, 1.165) is 9.35 Å². The van der Waals surface area contributed by atoms with Crippen molar-refractivity contribution in [3.8, 4) is 0 Å². The molecule has 4 rings (SSSR count). The number of carbonyl (C=O) groups excluding carboxylic acids is 2. The molecule has 0 aliphatic carbocycles. The van der Waals surface area contributed by atoms with Crippen LogP contribution in [0.2, 0.25) is 0 Å². The molecule has 0 unspecified atom stereocenters. The molecule has 2 aromatic rings. The molecule has 0 spiro atoms. The highest BCUT2D eigenvalue weighted by Gasteiger charge is 2.34. The normalized spacial score (nSPS) is 18.3. The summed E-state index contributed by atoms with van der Waals surface area (Å²) in [6, 6.07) is 10.7. The Hall–Kier alpha value is -2.08. The molecule has 1 aromatic carbocycles. The summed E-state index contributed by atoms with van der Waals surface area (Å²) in [4.78, 5) is 27.0. The first-order valence-corrected chi connectivity index (χ1v) is 12.8. The summed E-state index contributed by atoms with van der Waals surface area (Å²) >= 11 is 4.46. The van der Waals surface area contributed by atoms with Crippen LogP contribution >= 0.6 is 27.3 Å².